The SMILES string of the molecule is CC(C)[C@@H](C(=O)OCCCC(=O)c1ccc(F)cc1)N1C(=O)c2ccccc2C1=O. The Morgan fingerprint density at radius 3 is 2.07 bits per heavy atom. The summed E-state index contributed by atoms with van der Waals surface area (Å²) < 4.78 is 18.2. The second-order valence-corrected chi connectivity index (χ2v) is 7.42. The number of hydrogen-bond acceptors (Lipinski definition) is 5. The van der Waals surface area contributed by atoms with Crippen molar-refractivity contribution in [3.8, 4) is 0 Å². The van der Waals surface area contributed by atoms with Gasteiger partial charge >= 0.3 is 5.97 Å². The number of carbonyl (C=O) groups is 4. The van der Waals surface area contributed by atoms with E-state index in [2.05, 4.69) is 0 Å². The van der Waals surface area contributed by atoms with Crippen LogP contribution in [0.3, 0.4) is 0 Å². The second kappa shape index (κ2) is 8.98. The first-order valence-electron chi connectivity index (χ1n) is 9.73. The summed E-state index contributed by atoms with van der Waals surface area (Å²) in [5.74, 6) is -2.68. The van der Waals surface area contributed by atoms with Gasteiger partial charge < -0.3 is 4.74 Å². The number of imide groups is 1. The van der Waals surface area contributed by atoms with Crippen LogP contribution >= 0.6 is 0 Å². The molecule has 2 aromatic carbocycles. The van der Waals surface area contributed by atoms with E-state index in [9.17, 15) is 23.6 Å². The number of halogens is 1. The molecule has 7 heteroatoms. The van der Waals surface area contributed by atoms with E-state index in [1.807, 2.05) is 0 Å². The number of ketones is 1. The minimum absolute atomic E-state index is 0.0296. The lowest BCUT2D eigenvalue weighted by molar-refractivity contribution is -0.150. The van der Waals surface area contributed by atoms with Gasteiger partial charge in [0.15, 0.2) is 5.78 Å². The molecule has 1 aliphatic rings. The van der Waals surface area contributed by atoms with E-state index in [4.69, 9.17) is 4.74 Å². The van der Waals surface area contributed by atoms with Gasteiger partial charge in [0, 0.05) is 12.0 Å². The van der Waals surface area contributed by atoms with Crippen molar-refractivity contribution in [1.29, 1.82) is 0 Å². The number of esters is 1. The predicted octanol–water partition coefficient (Wildman–Crippen LogP) is 3.65. The third kappa shape index (κ3) is 4.30. The van der Waals surface area contributed by atoms with Crippen LogP contribution < -0.4 is 0 Å². The first kappa shape index (κ1) is 21.4. The fourth-order valence-electron chi connectivity index (χ4n) is 3.41. The van der Waals surface area contributed by atoms with Crippen molar-refractivity contribution in [2.24, 2.45) is 5.92 Å². The molecule has 1 atom stereocenters. The maximum absolute atomic E-state index is 12.9. The van der Waals surface area contributed by atoms with Crippen LogP contribution in [0.15, 0.2) is 48.5 Å². The number of fused-ring (bicyclic) bond motifs is 1. The predicted molar refractivity (Wildman–Crippen MR) is 106 cm³/mol. The molecular weight excluding hydrogens is 389 g/mol. The van der Waals surface area contributed by atoms with E-state index in [-0.39, 0.29) is 42.3 Å². The van der Waals surface area contributed by atoms with Crippen LogP contribution in [-0.4, -0.2) is 41.1 Å². The van der Waals surface area contributed by atoms with Crippen molar-refractivity contribution in [3.63, 3.8) is 0 Å². The molecule has 1 heterocycles. The van der Waals surface area contributed by atoms with Crippen molar-refractivity contribution in [2.75, 3.05) is 6.61 Å². The summed E-state index contributed by atoms with van der Waals surface area (Å²) in [6, 6.07) is 10.6. The van der Waals surface area contributed by atoms with Gasteiger partial charge in [0.2, 0.25) is 0 Å². The highest BCUT2D eigenvalue weighted by Gasteiger charge is 2.44. The van der Waals surface area contributed by atoms with E-state index in [1.165, 1.54) is 24.3 Å². The number of nitrogens with zero attached hydrogens (tertiary/aromatic N) is 1. The molecule has 0 aromatic heterocycles. The molecule has 0 spiro atoms. The second-order valence-electron chi connectivity index (χ2n) is 7.42. The summed E-state index contributed by atoms with van der Waals surface area (Å²) in [6.45, 7) is 3.43. The van der Waals surface area contributed by atoms with Crippen LogP contribution in [0.1, 0.15) is 57.8 Å². The van der Waals surface area contributed by atoms with Gasteiger partial charge in [-0.15, -0.1) is 0 Å². The first-order valence-corrected chi connectivity index (χ1v) is 9.73. The Balaban J connectivity index is 1.59. The molecule has 2 amide bonds. The van der Waals surface area contributed by atoms with Crippen LogP contribution in [0.5, 0.6) is 0 Å². The largest absolute Gasteiger partial charge is 0.464 e. The number of benzene rings is 2. The lowest BCUT2D eigenvalue weighted by Gasteiger charge is -2.27. The lowest BCUT2D eigenvalue weighted by Crippen LogP contribution is -2.48. The molecule has 0 fully saturated rings. The molecule has 2 aromatic rings. The highest BCUT2D eigenvalue weighted by Crippen LogP contribution is 2.27. The molecule has 30 heavy (non-hydrogen) atoms. The van der Waals surface area contributed by atoms with Gasteiger partial charge in [-0.2, -0.15) is 0 Å². The minimum Gasteiger partial charge on any atom is -0.464 e. The maximum Gasteiger partial charge on any atom is 0.329 e. The van der Waals surface area contributed by atoms with Crippen molar-refractivity contribution < 1.29 is 28.3 Å². The molecular formula is C23H22FNO5. The van der Waals surface area contributed by atoms with E-state index >= 15 is 0 Å². The zero-order valence-electron chi connectivity index (χ0n) is 16.8. The minimum atomic E-state index is -1.05. The van der Waals surface area contributed by atoms with E-state index in [0.29, 0.717) is 5.56 Å². The highest BCUT2D eigenvalue weighted by atomic mass is 19.1. The van der Waals surface area contributed by atoms with Gasteiger partial charge in [0.1, 0.15) is 11.9 Å². The van der Waals surface area contributed by atoms with Gasteiger partial charge in [0.05, 0.1) is 17.7 Å². The Hall–Kier alpha value is -3.35. The fourth-order valence-corrected chi connectivity index (χ4v) is 3.41. The zero-order chi connectivity index (χ0) is 21.8. The number of rotatable bonds is 8. The zero-order valence-corrected chi connectivity index (χ0v) is 16.8. The van der Waals surface area contributed by atoms with Gasteiger partial charge in [0.25, 0.3) is 11.8 Å². The molecule has 0 N–H and O–H groups in total. The third-order valence-corrected chi connectivity index (χ3v) is 4.94. The van der Waals surface area contributed by atoms with Crippen LogP contribution in [0, 0.1) is 11.7 Å². The number of hydrogen-bond donors (Lipinski definition) is 0. The quantitative estimate of drug-likeness (QED) is 0.287. The molecule has 3 rings (SSSR count). The average molecular weight is 411 g/mol. The molecule has 0 saturated carbocycles. The van der Waals surface area contributed by atoms with Crippen molar-refractivity contribution in [2.45, 2.75) is 32.7 Å². The molecule has 0 unspecified atom stereocenters. The summed E-state index contributed by atoms with van der Waals surface area (Å²) in [5.41, 5.74) is 0.922. The van der Waals surface area contributed by atoms with Crippen molar-refractivity contribution >= 4 is 23.6 Å². The molecule has 0 aliphatic carbocycles. The van der Waals surface area contributed by atoms with Crippen molar-refractivity contribution in [3.05, 3.63) is 71.0 Å². The summed E-state index contributed by atoms with van der Waals surface area (Å²) >= 11 is 0. The summed E-state index contributed by atoms with van der Waals surface area (Å²) in [5, 5.41) is 0. The smallest absolute Gasteiger partial charge is 0.329 e. The standard InChI is InChI=1S/C23H22FNO5/c1-14(2)20(25-21(27)17-6-3-4-7-18(17)22(25)28)23(29)30-13-5-8-19(26)15-9-11-16(24)12-10-15/h3-4,6-7,9-12,14,20H,5,8,13H2,1-2H3/t20-/m0/s1. The van der Waals surface area contributed by atoms with E-state index in [1.54, 1.807) is 38.1 Å². The monoisotopic (exact) mass is 411 g/mol. The molecule has 0 bridgehead atoms. The number of amides is 2. The van der Waals surface area contributed by atoms with Crippen LogP contribution in [-0.2, 0) is 9.53 Å². The van der Waals surface area contributed by atoms with Crippen molar-refractivity contribution in [1.82, 2.24) is 4.90 Å². The molecule has 0 radical (unpaired) electrons. The van der Waals surface area contributed by atoms with Crippen LogP contribution in [0.4, 0.5) is 4.39 Å². The van der Waals surface area contributed by atoms with Gasteiger partial charge in [-0.05, 0) is 48.7 Å². The van der Waals surface area contributed by atoms with Crippen LogP contribution in [0.25, 0.3) is 0 Å². The van der Waals surface area contributed by atoms with Gasteiger partial charge in [-0.3, -0.25) is 19.3 Å². The molecule has 0 saturated heterocycles. The maximum atomic E-state index is 12.9. The molecule has 6 nitrogen and oxygen atoms in total. The topological polar surface area (TPSA) is 80.8 Å². The Morgan fingerprint density at radius 1 is 0.967 bits per heavy atom. The summed E-state index contributed by atoms with van der Waals surface area (Å²) in [7, 11) is 0. The Morgan fingerprint density at radius 2 is 1.53 bits per heavy atom. The van der Waals surface area contributed by atoms with Crippen LogP contribution in [0.2, 0.25) is 0 Å². The average Bonchev–Trinajstić information content (AvgIpc) is 2.97. The Bertz CT molecular complexity index is 948. The normalized spacial score (nSPS) is 14.1. The number of Topliss-reactive ketones (excluding diaryl/α,β-unsaturated/α-hetero) is 1. The lowest BCUT2D eigenvalue weighted by atomic mass is 10.0. The molecule has 1 aliphatic heterocycles. The Kier molecular flexibility index (Phi) is 6.40. The Labute approximate surface area is 173 Å². The molecule has 156 valence electrons. The van der Waals surface area contributed by atoms with Gasteiger partial charge in [-0.1, -0.05) is 26.0 Å². The van der Waals surface area contributed by atoms with E-state index in [0.717, 1.165) is 4.90 Å². The summed E-state index contributed by atoms with van der Waals surface area (Å²) in [6.07, 6.45) is 0.396. The van der Waals surface area contributed by atoms with Gasteiger partial charge in [-0.25, -0.2) is 9.18 Å². The first-order chi connectivity index (χ1) is 14.3. The number of carbonyl (C=O) groups excluding carboxylic acids is 4. The number of ether oxygens (including phenoxy) is 1. The summed E-state index contributed by atoms with van der Waals surface area (Å²) in [4.78, 5) is 51.1. The van der Waals surface area contributed by atoms with E-state index < -0.39 is 29.6 Å². The highest BCUT2D eigenvalue weighted by molar-refractivity contribution is 6.22. The fraction of sp³-hybridized carbons (Fsp3) is 0.304. The third-order valence-electron chi connectivity index (χ3n) is 4.94.